The molecule has 1 aromatic carbocycles. The molecule has 0 fully saturated rings. The van der Waals surface area contributed by atoms with E-state index in [0.717, 1.165) is 0 Å². The Hall–Kier alpha value is -1.20. The van der Waals surface area contributed by atoms with Gasteiger partial charge in [-0.2, -0.15) is 0 Å². The Bertz CT molecular complexity index is 349. The summed E-state index contributed by atoms with van der Waals surface area (Å²) in [5.41, 5.74) is 5.44. The highest BCUT2D eigenvalue weighted by Crippen LogP contribution is 2.27. The third-order valence-electron chi connectivity index (χ3n) is 1.44. The van der Waals surface area contributed by atoms with Crippen LogP contribution in [-0.4, -0.2) is 9.91 Å². The fraction of sp³-hybridized carbons (Fsp3) is 0. The molecule has 0 aliphatic heterocycles. The van der Waals surface area contributed by atoms with Crippen molar-refractivity contribution in [3.05, 3.63) is 38.9 Å². The number of nitrogens with two attached hydrogens (primary N) is 1. The Labute approximate surface area is 84.5 Å². The lowest BCUT2D eigenvalue weighted by molar-refractivity contribution is -0.384. The van der Waals surface area contributed by atoms with E-state index in [-0.39, 0.29) is 15.7 Å². The number of hydrogen-bond acceptors (Lipinski definition) is 3. The van der Waals surface area contributed by atoms with E-state index in [2.05, 4.69) is 12.2 Å². The summed E-state index contributed by atoms with van der Waals surface area (Å²) in [4.78, 5) is 9.90. The van der Waals surface area contributed by atoms with Gasteiger partial charge in [-0.1, -0.05) is 36.0 Å². The summed E-state index contributed by atoms with van der Waals surface area (Å²) in [5.74, 6) is 0. The Morgan fingerprint density at radius 1 is 1.62 bits per heavy atom. The second-order valence-corrected chi connectivity index (χ2v) is 3.08. The number of nitrogens with zero attached hydrogens (tertiary/aromatic N) is 1. The predicted octanol–water partition coefficient (Wildman–Crippen LogP) is 1.88. The molecule has 4 nitrogen and oxygen atoms in total. The minimum absolute atomic E-state index is 0.0139. The van der Waals surface area contributed by atoms with Crippen molar-refractivity contribution in [2.45, 2.75) is 0 Å². The van der Waals surface area contributed by atoms with Gasteiger partial charge in [0, 0.05) is 11.6 Å². The highest BCUT2D eigenvalue weighted by atomic mass is 35.5. The molecule has 0 aromatic heterocycles. The van der Waals surface area contributed by atoms with Gasteiger partial charge in [0.2, 0.25) is 0 Å². The number of hydrogen-bond donors (Lipinski definition) is 1. The molecule has 0 amide bonds. The van der Waals surface area contributed by atoms with Gasteiger partial charge in [0.15, 0.2) is 0 Å². The molecule has 0 spiro atoms. The molecule has 2 N–H and O–H groups in total. The van der Waals surface area contributed by atoms with Crippen LogP contribution in [0.3, 0.4) is 0 Å². The average Bonchev–Trinajstić information content (AvgIpc) is 2.03. The van der Waals surface area contributed by atoms with Crippen LogP contribution in [0.25, 0.3) is 0 Å². The van der Waals surface area contributed by atoms with Crippen molar-refractivity contribution in [1.29, 1.82) is 0 Å². The monoisotopic (exact) mass is 216 g/mol. The molecule has 68 valence electrons. The molecular weight excluding hydrogens is 212 g/mol. The van der Waals surface area contributed by atoms with Crippen LogP contribution in [0.5, 0.6) is 0 Å². The lowest BCUT2D eigenvalue weighted by Gasteiger charge is -2.01. The van der Waals surface area contributed by atoms with Crippen LogP contribution in [-0.2, 0) is 0 Å². The van der Waals surface area contributed by atoms with Crippen molar-refractivity contribution in [3.63, 3.8) is 0 Å². The van der Waals surface area contributed by atoms with Gasteiger partial charge in [0.05, 0.1) is 4.92 Å². The molecule has 0 saturated heterocycles. The molecule has 0 unspecified atom stereocenters. The molecule has 0 aliphatic rings. The number of thiocarbonyl (C=S) groups is 1. The summed E-state index contributed by atoms with van der Waals surface area (Å²) in [6, 6.07) is 4.32. The zero-order valence-corrected chi connectivity index (χ0v) is 7.93. The Morgan fingerprint density at radius 2 is 2.23 bits per heavy atom. The molecule has 0 heterocycles. The number of benzene rings is 1. The maximum absolute atomic E-state index is 10.4. The normalized spacial score (nSPS) is 9.62. The Balaban J connectivity index is 3.35. The lowest BCUT2D eigenvalue weighted by atomic mass is 10.2. The summed E-state index contributed by atoms with van der Waals surface area (Å²) in [5, 5.41) is 10.4. The maximum Gasteiger partial charge on any atom is 0.288 e. The SMILES string of the molecule is NC(=S)c1cccc([N+](=O)[O-])c1Cl. The fourth-order valence-electron chi connectivity index (χ4n) is 0.851. The van der Waals surface area contributed by atoms with Crippen LogP contribution in [0.2, 0.25) is 5.02 Å². The highest BCUT2D eigenvalue weighted by Gasteiger charge is 2.15. The summed E-state index contributed by atoms with van der Waals surface area (Å²) in [6.07, 6.45) is 0. The second-order valence-electron chi connectivity index (χ2n) is 2.26. The van der Waals surface area contributed by atoms with E-state index in [0.29, 0.717) is 5.56 Å². The molecule has 1 aromatic rings. The van der Waals surface area contributed by atoms with Crippen molar-refractivity contribution in [1.82, 2.24) is 0 Å². The minimum Gasteiger partial charge on any atom is -0.389 e. The van der Waals surface area contributed by atoms with Crippen LogP contribution in [0.15, 0.2) is 18.2 Å². The van der Waals surface area contributed by atoms with E-state index in [4.69, 9.17) is 17.3 Å². The number of nitro groups is 1. The van der Waals surface area contributed by atoms with E-state index < -0.39 is 4.92 Å². The summed E-state index contributed by atoms with van der Waals surface area (Å²) in [7, 11) is 0. The van der Waals surface area contributed by atoms with Gasteiger partial charge < -0.3 is 5.73 Å². The van der Waals surface area contributed by atoms with Gasteiger partial charge in [-0.25, -0.2) is 0 Å². The minimum atomic E-state index is -0.579. The zero-order valence-electron chi connectivity index (χ0n) is 6.36. The van der Waals surface area contributed by atoms with Gasteiger partial charge in [0.25, 0.3) is 5.69 Å². The van der Waals surface area contributed by atoms with E-state index in [9.17, 15) is 10.1 Å². The number of nitro benzene ring substituents is 1. The highest BCUT2D eigenvalue weighted by molar-refractivity contribution is 7.80. The molecule has 0 aliphatic carbocycles. The average molecular weight is 217 g/mol. The van der Waals surface area contributed by atoms with Crippen molar-refractivity contribution >= 4 is 34.5 Å². The molecule has 1 rings (SSSR count). The van der Waals surface area contributed by atoms with Crippen LogP contribution in [0, 0.1) is 10.1 Å². The van der Waals surface area contributed by atoms with E-state index in [1.807, 2.05) is 0 Å². The van der Waals surface area contributed by atoms with E-state index in [1.54, 1.807) is 0 Å². The molecule has 0 atom stereocenters. The van der Waals surface area contributed by atoms with Crippen molar-refractivity contribution in [2.75, 3.05) is 0 Å². The van der Waals surface area contributed by atoms with E-state index >= 15 is 0 Å². The largest absolute Gasteiger partial charge is 0.389 e. The quantitative estimate of drug-likeness (QED) is 0.466. The van der Waals surface area contributed by atoms with Crippen LogP contribution in [0.4, 0.5) is 5.69 Å². The van der Waals surface area contributed by atoms with Crippen LogP contribution in [0.1, 0.15) is 5.56 Å². The number of rotatable bonds is 2. The molecule has 0 saturated carbocycles. The molecule has 0 bridgehead atoms. The third kappa shape index (κ3) is 1.93. The smallest absolute Gasteiger partial charge is 0.288 e. The maximum atomic E-state index is 10.4. The molecule has 0 radical (unpaired) electrons. The van der Waals surface area contributed by atoms with Crippen LogP contribution < -0.4 is 5.73 Å². The van der Waals surface area contributed by atoms with Gasteiger partial charge in [-0.3, -0.25) is 10.1 Å². The molecule has 13 heavy (non-hydrogen) atoms. The predicted molar refractivity (Wildman–Crippen MR) is 54.0 cm³/mol. The summed E-state index contributed by atoms with van der Waals surface area (Å²) < 4.78 is 0. The first-order chi connectivity index (χ1) is 6.04. The fourth-order valence-corrected chi connectivity index (χ4v) is 1.37. The van der Waals surface area contributed by atoms with Gasteiger partial charge >= 0.3 is 0 Å². The molecular formula is C7H5ClN2O2S. The summed E-state index contributed by atoms with van der Waals surface area (Å²) in [6.45, 7) is 0. The standard InChI is InChI=1S/C7H5ClN2O2S/c8-6-4(7(9)13)2-1-3-5(6)10(11)12/h1-3H,(H2,9,13). The first kappa shape index (κ1) is 9.88. The number of halogens is 1. The first-order valence-electron chi connectivity index (χ1n) is 3.26. The van der Waals surface area contributed by atoms with Crippen molar-refractivity contribution < 1.29 is 4.92 Å². The third-order valence-corrected chi connectivity index (χ3v) is 2.06. The topological polar surface area (TPSA) is 69.2 Å². The van der Waals surface area contributed by atoms with Gasteiger partial charge in [-0.05, 0) is 0 Å². The zero-order chi connectivity index (χ0) is 10.0. The Kier molecular flexibility index (Phi) is 2.79. The summed E-state index contributed by atoms with van der Waals surface area (Å²) >= 11 is 10.4. The van der Waals surface area contributed by atoms with Gasteiger partial charge in [0.1, 0.15) is 10.0 Å². The van der Waals surface area contributed by atoms with E-state index in [1.165, 1.54) is 18.2 Å². The lowest BCUT2D eigenvalue weighted by Crippen LogP contribution is -2.10. The van der Waals surface area contributed by atoms with Crippen LogP contribution >= 0.6 is 23.8 Å². The van der Waals surface area contributed by atoms with Gasteiger partial charge in [-0.15, -0.1) is 0 Å². The Morgan fingerprint density at radius 3 is 2.69 bits per heavy atom. The van der Waals surface area contributed by atoms with Crippen molar-refractivity contribution in [3.8, 4) is 0 Å². The van der Waals surface area contributed by atoms with Crippen molar-refractivity contribution in [2.24, 2.45) is 5.73 Å². The molecule has 6 heteroatoms. The second kappa shape index (κ2) is 3.68. The first-order valence-corrected chi connectivity index (χ1v) is 4.05.